The number of halogens is 1. The summed E-state index contributed by atoms with van der Waals surface area (Å²) in [5.74, 6) is -0.0623. The van der Waals surface area contributed by atoms with Gasteiger partial charge < -0.3 is 14.8 Å². The molecule has 1 fully saturated rings. The first-order chi connectivity index (χ1) is 16.4. The number of carboxylic acid groups (broad SMARTS) is 1. The second kappa shape index (κ2) is 10.1. The Balaban J connectivity index is 0.000000257. The molecule has 2 aromatic carbocycles. The molecule has 176 valence electrons. The number of rotatable bonds is 3. The molecule has 0 atom stereocenters. The van der Waals surface area contributed by atoms with E-state index >= 15 is 0 Å². The van der Waals surface area contributed by atoms with E-state index in [1.54, 1.807) is 49.6 Å². The lowest BCUT2D eigenvalue weighted by atomic mass is 9.90. The van der Waals surface area contributed by atoms with Gasteiger partial charge in [0.05, 0.1) is 29.6 Å². The minimum absolute atomic E-state index is 0.0289. The van der Waals surface area contributed by atoms with Gasteiger partial charge in [0, 0.05) is 16.6 Å². The first-order valence-corrected chi connectivity index (χ1v) is 11.4. The Kier molecular flexibility index (Phi) is 6.98. The van der Waals surface area contributed by atoms with Crippen molar-refractivity contribution in [1.82, 2.24) is 14.5 Å². The van der Waals surface area contributed by atoms with Gasteiger partial charge in [0.1, 0.15) is 11.3 Å². The summed E-state index contributed by atoms with van der Waals surface area (Å²) in [6.45, 7) is 0. The van der Waals surface area contributed by atoms with Crippen LogP contribution in [0.15, 0.2) is 58.3 Å². The van der Waals surface area contributed by atoms with Crippen molar-refractivity contribution in [3.63, 3.8) is 0 Å². The number of para-hydroxylation sites is 1. The Morgan fingerprint density at radius 2 is 1.85 bits per heavy atom. The van der Waals surface area contributed by atoms with E-state index in [1.165, 1.54) is 12.6 Å². The molecule has 0 unspecified atom stereocenters. The van der Waals surface area contributed by atoms with Gasteiger partial charge in [0.25, 0.3) is 5.56 Å². The lowest BCUT2D eigenvalue weighted by molar-refractivity contribution is -0.142. The number of nitrogens with one attached hydrogen (secondary N) is 1. The van der Waals surface area contributed by atoms with Crippen molar-refractivity contribution < 1.29 is 14.6 Å². The van der Waals surface area contributed by atoms with Crippen LogP contribution in [0.25, 0.3) is 27.5 Å². The van der Waals surface area contributed by atoms with Crippen LogP contribution >= 0.6 is 11.6 Å². The Morgan fingerprint density at radius 3 is 2.50 bits per heavy atom. The number of aromatic amines is 1. The van der Waals surface area contributed by atoms with Crippen molar-refractivity contribution in [2.75, 3.05) is 7.11 Å². The smallest absolute Gasteiger partial charge is 0.333 e. The second-order valence-electron chi connectivity index (χ2n) is 8.13. The van der Waals surface area contributed by atoms with Crippen molar-refractivity contribution in [2.24, 2.45) is 5.92 Å². The Bertz CT molecular complexity index is 1470. The number of aromatic nitrogens is 3. The molecule has 0 spiro atoms. The van der Waals surface area contributed by atoms with Crippen molar-refractivity contribution in [3.05, 3.63) is 74.5 Å². The van der Waals surface area contributed by atoms with Crippen LogP contribution in [0.1, 0.15) is 32.1 Å². The molecule has 0 saturated heterocycles. The summed E-state index contributed by atoms with van der Waals surface area (Å²) in [5.41, 5.74) is 0.393. The minimum atomic E-state index is -0.602. The molecular weight excluding hydrogens is 458 g/mol. The summed E-state index contributed by atoms with van der Waals surface area (Å²) in [5, 5.41) is 9.92. The highest BCUT2D eigenvalue weighted by Crippen LogP contribution is 2.27. The van der Waals surface area contributed by atoms with E-state index in [2.05, 4.69) is 9.97 Å². The summed E-state index contributed by atoms with van der Waals surface area (Å²) in [6, 6.07) is 11.9. The van der Waals surface area contributed by atoms with E-state index < -0.39 is 17.2 Å². The van der Waals surface area contributed by atoms with Gasteiger partial charge in [-0.2, -0.15) is 0 Å². The predicted molar refractivity (Wildman–Crippen MR) is 131 cm³/mol. The number of H-pyrrole nitrogens is 1. The summed E-state index contributed by atoms with van der Waals surface area (Å²) < 4.78 is 6.33. The molecule has 0 aliphatic heterocycles. The molecule has 1 aliphatic carbocycles. The van der Waals surface area contributed by atoms with Gasteiger partial charge in [-0.05, 0) is 37.1 Å². The fraction of sp³-hybridized carbons (Fsp3) is 0.280. The largest absolute Gasteiger partial charge is 0.494 e. The predicted octanol–water partition coefficient (Wildman–Crippen LogP) is 4.54. The number of hydrogen-bond donors (Lipinski definition) is 2. The molecule has 5 rings (SSSR count). The third kappa shape index (κ3) is 4.68. The molecule has 2 aromatic heterocycles. The normalized spacial score (nSPS) is 13.9. The topological polar surface area (TPSA) is 114 Å². The number of aliphatic carboxylic acids is 1. The number of fused-ring (bicyclic) bond motifs is 3. The van der Waals surface area contributed by atoms with Crippen LogP contribution in [0.4, 0.5) is 0 Å². The van der Waals surface area contributed by atoms with E-state index in [0.29, 0.717) is 38.3 Å². The van der Waals surface area contributed by atoms with Crippen LogP contribution < -0.4 is 16.0 Å². The molecule has 0 radical (unpaired) electrons. The first kappa shape index (κ1) is 23.5. The van der Waals surface area contributed by atoms with Crippen LogP contribution in [0.5, 0.6) is 5.75 Å². The molecule has 8 nitrogen and oxygen atoms in total. The van der Waals surface area contributed by atoms with E-state index in [9.17, 15) is 14.4 Å². The Labute approximate surface area is 199 Å². The maximum absolute atomic E-state index is 12.9. The van der Waals surface area contributed by atoms with Crippen LogP contribution in [0, 0.1) is 5.92 Å². The highest BCUT2D eigenvalue weighted by molar-refractivity contribution is 6.30. The van der Waals surface area contributed by atoms with Gasteiger partial charge in [-0.1, -0.05) is 49.1 Å². The second-order valence-corrected chi connectivity index (χ2v) is 8.56. The lowest BCUT2D eigenvalue weighted by Gasteiger charge is -2.16. The Hall–Kier alpha value is -3.65. The highest BCUT2D eigenvalue weighted by atomic mass is 35.5. The minimum Gasteiger partial charge on any atom is -0.494 e. The van der Waals surface area contributed by atoms with Crippen molar-refractivity contribution >= 4 is 39.4 Å². The molecular formula is C25H24ClN3O5. The summed E-state index contributed by atoms with van der Waals surface area (Å²) in [7, 11) is 1.54. The molecule has 34 heavy (non-hydrogen) atoms. The zero-order valence-electron chi connectivity index (χ0n) is 18.6. The van der Waals surface area contributed by atoms with E-state index in [4.69, 9.17) is 21.4 Å². The maximum atomic E-state index is 12.9. The molecule has 2 N–H and O–H groups in total. The molecule has 1 saturated carbocycles. The van der Waals surface area contributed by atoms with E-state index in [-0.39, 0.29) is 5.92 Å². The summed E-state index contributed by atoms with van der Waals surface area (Å²) >= 11 is 5.98. The lowest BCUT2D eigenvalue weighted by Crippen LogP contribution is -2.33. The first-order valence-electron chi connectivity index (χ1n) is 11.0. The highest BCUT2D eigenvalue weighted by Gasteiger charge is 2.19. The fourth-order valence-corrected chi connectivity index (χ4v) is 4.42. The number of pyridine rings is 1. The number of benzene rings is 2. The van der Waals surface area contributed by atoms with Crippen molar-refractivity contribution in [1.29, 1.82) is 0 Å². The van der Waals surface area contributed by atoms with Gasteiger partial charge >= 0.3 is 11.7 Å². The average molecular weight is 482 g/mol. The van der Waals surface area contributed by atoms with Gasteiger partial charge in [0.15, 0.2) is 0 Å². The van der Waals surface area contributed by atoms with Crippen LogP contribution in [-0.2, 0) is 4.79 Å². The zero-order chi connectivity index (χ0) is 24.2. The average Bonchev–Trinajstić information content (AvgIpc) is 2.84. The third-order valence-corrected chi connectivity index (χ3v) is 6.20. The molecule has 4 aromatic rings. The van der Waals surface area contributed by atoms with Crippen LogP contribution in [0.2, 0.25) is 5.02 Å². The van der Waals surface area contributed by atoms with Gasteiger partial charge in [-0.25, -0.2) is 9.36 Å². The maximum Gasteiger partial charge on any atom is 0.333 e. The quantitative estimate of drug-likeness (QED) is 0.415. The van der Waals surface area contributed by atoms with Crippen molar-refractivity contribution in [2.45, 2.75) is 32.1 Å². The summed E-state index contributed by atoms with van der Waals surface area (Å²) in [6.07, 6.45) is 6.68. The molecule has 0 bridgehead atoms. The number of nitrogens with zero attached hydrogens (tertiary/aromatic N) is 2. The van der Waals surface area contributed by atoms with Crippen LogP contribution in [0.3, 0.4) is 0 Å². The third-order valence-electron chi connectivity index (χ3n) is 5.97. The molecule has 0 amide bonds. The zero-order valence-corrected chi connectivity index (χ0v) is 19.3. The van der Waals surface area contributed by atoms with E-state index in [0.717, 1.165) is 30.3 Å². The standard InChI is InChI=1S/C18H12ClN3O3.C7H12O2/c1-25-14-7-3-6-12-15-13(9-20-16(12)14)17(23)22(18(24)21-15)11-5-2-4-10(19)8-11;8-7(9)6-4-2-1-3-5-6/h2-9H,1H3,(H,21,24);6H,1-5H2,(H,8,9). The van der Waals surface area contributed by atoms with Crippen molar-refractivity contribution in [3.8, 4) is 11.4 Å². The fourth-order valence-electron chi connectivity index (χ4n) is 4.23. The number of ether oxygens (including phenoxy) is 1. The number of carbonyl (C=O) groups is 1. The van der Waals surface area contributed by atoms with Gasteiger partial charge in [0.2, 0.25) is 0 Å². The monoisotopic (exact) mass is 481 g/mol. The Morgan fingerprint density at radius 1 is 1.12 bits per heavy atom. The van der Waals surface area contributed by atoms with E-state index in [1.807, 2.05) is 0 Å². The molecule has 2 heterocycles. The van der Waals surface area contributed by atoms with Gasteiger partial charge in [-0.15, -0.1) is 0 Å². The number of methoxy groups -OCH3 is 1. The summed E-state index contributed by atoms with van der Waals surface area (Å²) in [4.78, 5) is 42.9. The molecule has 9 heteroatoms. The number of carboxylic acids is 1. The van der Waals surface area contributed by atoms with Crippen LogP contribution in [-0.4, -0.2) is 32.7 Å². The van der Waals surface area contributed by atoms with Gasteiger partial charge in [-0.3, -0.25) is 14.6 Å². The molecule has 1 aliphatic rings. The SMILES string of the molecule is COc1cccc2c1ncc1c(=O)n(-c3cccc(Cl)c3)c(=O)[nH]c12.O=C(O)C1CCCCC1. The number of hydrogen-bond acceptors (Lipinski definition) is 5.